The summed E-state index contributed by atoms with van der Waals surface area (Å²) in [7, 11) is 0. The Balaban J connectivity index is 1.97. The van der Waals surface area contributed by atoms with E-state index in [1.54, 1.807) is 12.4 Å². The smallest absolute Gasteiger partial charge is 0.225 e. The Morgan fingerprint density at radius 2 is 2.42 bits per heavy atom. The van der Waals surface area contributed by atoms with Gasteiger partial charge >= 0.3 is 0 Å². The molecule has 6 heteroatoms. The fraction of sp³-hybridized carbons (Fsp3) is 0.462. The molecule has 2 aliphatic heterocycles. The summed E-state index contributed by atoms with van der Waals surface area (Å²) in [5.41, 5.74) is 7.56. The van der Waals surface area contributed by atoms with Crippen molar-refractivity contribution in [1.82, 2.24) is 10.3 Å². The molecular formula is C13H16N4OS. The number of nitrogens with two attached hydrogens (primary N) is 1. The number of hydrogen-bond donors (Lipinski definition) is 2. The minimum Gasteiger partial charge on any atom is -0.389 e. The number of anilines is 1. The normalized spacial score (nSPS) is 25.9. The number of nitrogens with one attached hydrogen (secondary N) is 1. The van der Waals surface area contributed by atoms with E-state index in [0.717, 1.165) is 30.6 Å². The molecule has 3 heterocycles. The molecule has 1 aromatic heterocycles. The van der Waals surface area contributed by atoms with Gasteiger partial charge in [0.15, 0.2) is 0 Å². The molecule has 3 N–H and O–H groups in total. The van der Waals surface area contributed by atoms with Crippen molar-refractivity contribution in [3.63, 3.8) is 0 Å². The predicted molar refractivity (Wildman–Crippen MR) is 77.0 cm³/mol. The van der Waals surface area contributed by atoms with Gasteiger partial charge in [-0.15, -0.1) is 0 Å². The van der Waals surface area contributed by atoms with Crippen molar-refractivity contribution in [1.29, 1.82) is 0 Å². The Kier molecular flexibility index (Phi) is 3.10. The fourth-order valence-corrected chi connectivity index (χ4v) is 3.25. The summed E-state index contributed by atoms with van der Waals surface area (Å²) in [6.07, 6.45) is 5.44. The van der Waals surface area contributed by atoms with Crippen LogP contribution in [0.2, 0.25) is 0 Å². The molecule has 2 saturated heterocycles. The van der Waals surface area contributed by atoms with Crippen LogP contribution < -0.4 is 16.0 Å². The molecule has 2 aliphatic rings. The molecule has 0 aromatic carbocycles. The maximum Gasteiger partial charge on any atom is 0.225 e. The number of piperidine rings is 1. The number of carbonyl (C=O) groups is 1. The van der Waals surface area contributed by atoms with Gasteiger partial charge in [0, 0.05) is 24.8 Å². The first-order chi connectivity index (χ1) is 9.18. The zero-order chi connectivity index (χ0) is 13.4. The lowest BCUT2D eigenvalue weighted by Gasteiger charge is -2.38. The Morgan fingerprint density at radius 1 is 1.58 bits per heavy atom. The summed E-state index contributed by atoms with van der Waals surface area (Å²) in [4.78, 5) is 18.6. The predicted octanol–water partition coefficient (Wildman–Crippen LogP) is 0.431. The van der Waals surface area contributed by atoms with Crippen LogP contribution in [-0.4, -0.2) is 35.0 Å². The van der Waals surface area contributed by atoms with E-state index in [1.165, 1.54) is 0 Å². The lowest BCUT2D eigenvalue weighted by molar-refractivity contribution is -0.122. The van der Waals surface area contributed by atoms with Gasteiger partial charge in [-0.1, -0.05) is 12.2 Å². The number of amides is 1. The first kappa shape index (κ1) is 12.3. The van der Waals surface area contributed by atoms with E-state index in [0.29, 0.717) is 11.5 Å². The van der Waals surface area contributed by atoms with Crippen LogP contribution in [-0.2, 0) is 4.79 Å². The van der Waals surface area contributed by atoms with Gasteiger partial charge < -0.3 is 16.0 Å². The molecule has 19 heavy (non-hydrogen) atoms. The molecule has 0 saturated carbocycles. The highest BCUT2D eigenvalue weighted by atomic mass is 32.1. The molecule has 0 radical (unpaired) electrons. The van der Waals surface area contributed by atoms with E-state index >= 15 is 0 Å². The molecule has 0 bridgehead atoms. The van der Waals surface area contributed by atoms with Gasteiger partial charge in [0.1, 0.15) is 4.99 Å². The lowest BCUT2D eigenvalue weighted by atomic mass is 9.90. The monoisotopic (exact) mass is 276 g/mol. The summed E-state index contributed by atoms with van der Waals surface area (Å²) < 4.78 is 0. The number of carbonyl (C=O) groups excluding carboxylic acids is 1. The first-order valence-corrected chi connectivity index (χ1v) is 6.87. The Bertz CT molecular complexity index is 533. The van der Waals surface area contributed by atoms with Crippen LogP contribution in [0, 0.1) is 5.92 Å². The lowest BCUT2D eigenvalue weighted by Crippen LogP contribution is -2.46. The van der Waals surface area contributed by atoms with Crippen LogP contribution in [0.1, 0.15) is 18.4 Å². The average molecular weight is 276 g/mol. The van der Waals surface area contributed by atoms with Gasteiger partial charge in [0.2, 0.25) is 5.91 Å². The van der Waals surface area contributed by atoms with Gasteiger partial charge in [-0.3, -0.25) is 9.78 Å². The maximum absolute atomic E-state index is 11.8. The van der Waals surface area contributed by atoms with Crippen LogP contribution in [0.15, 0.2) is 18.5 Å². The highest BCUT2D eigenvalue weighted by Gasteiger charge is 2.41. The van der Waals surface area contributed by atoms with Crippen molar-refractivity contribution in [2.75, 3.05) is 18.0 Å². The zero-order valence-corrected chi connectivity index (χ0v) is 11.3. The second-order valence-electron chi connectivity index (χ2n) is 5.01. The van der Waals surface area contributed by atoms with Crippen molar-refractivity contribution in [3.05, 3.63) is 24.0 Å². The quantitative estimate of drug-likeness (QED) is 0.767. The minimum atomic E-state index is 0.0770. The Hall–Kier alpha value is -1.69. The molecule has 0 aliphatic carbocycles. The maximum atomic E-state index is 11.8. The van der Waals surface area contributed by atoms with E-state index in [-0.39, 0.29) is 17.9 Å². The summed E-state index contributed by atoms with van der Waals surface area (Å²) >= 11 is 5.10. The van der Waals surface area contributed by atoms with Crippen LogP contribution >= 0.6 is 12.2 Å². The number of fused-ring (bicyclic) bond motifs is 1. The van der Waals surface area contributed by atoms with Crippen LogP contribution in [0.4, 0.5) is 5.69 Å². The summed E-state index contributed by atoms with van der Waals surface area (Å²) in [5.74, 6) is 0.239. The van der Waals surface area contributed by atoms with E-state index < -0.39 is 0 Å². The molecular weight excluding hydrogens is 260 g/mol. The molecule has 0 spiro atoms. The van der Waals surface area contributed by atoms with E-state index in [1.807, 2.05) is 6.07 Å². The number of nitrogens with zero attached hydrogens (tertiary/aromatic N) is 2. The van der Waals surface area contributed by atoms with Crippen LogP contribution in [0.5, 0.6) is 0 Å². The summed E-state index contributed by atoms with van der Waals surface area (Å²) in [6, 6.07) is 2.03. The van der Waals surface area contributed by atoms with E-state index in [2.05, 4.69) is 15.2 Å². The standard InChI is InChI=1S/C13H16N4OS/c14-12(19)8-3-4-15-6-10(8)17-5-1-2-9-11(17)7-16-13(9)18/h3-4,6,9,11H,1-2,5,7H2,(H2,14,19)(H,16,18). The third-order valence-electron chi connectivity index (χ3n) is 3.98. The molecule has 2 atom stereocenters. The molecule has 100 valence electrons. The van der Waals surface area contributed by atoms with Gasteiger partial charge in [-0.2, -0.15) is 0 Å². The van der Waals surface area contributed by atoms with E-state index in [4.69, 9.17) is 18.0 Å². The second kappa shape index (κ2) is 4.77. The van der Waals surface area contributed by atoms with Crippen molar-refractivity contribution >= 4 is 28.8 Å². The van der Waals surface area contributed by atoms with Crippen LogP contribution in [0.25, 0.3) is 0 Å². The summed E-state index contributed by atoms with van der Waals surface area (Å²) in [6.45, 7) is 1.60. The molecule has 3 rings (SSSR count). The van der Waals surface area contributed by atoms with Crippen molar-refractivity contribution in [2.45, 2.75) is 18.9 Å². The highest BCUT2D eigenvalue weighted by Crippen LogP contribution is 2.32. The van der Waals surface area contributed by atoms with Crippen molar-refractivity contribution in [2.24, 2.45) is 11.7 Å². The van der Waals surface area contributed by atoms with E-state index in [9.17, 15) is 4.79 Å². The highest BCUT2D eigenvalue weighted by molar-refractivity contribution is 7.80. The molecule has 1 amide bonds. The van der Waals surface area contributed by atoms with Gasteiger partial charge in [-0.05, 0) is 18.9 Å². The molecule has 1 aromatic rings. The summed E-state index contributed by atoms with van der Waals surface area (Å²) in [5, 5.41) is 2.94. The second-order valence-corrected chi connectivity index (χ2v) is 5.45. The fourth-order valence-electron chi connectivity index (χ4n) is 3.07. The van der Waals surface area contributed by atoms with Crippen LogP contribution in [0.3, 0.4) is 0 Å². The number of pyridine rings is 1. The molecule has 5 nitrogen and oxygen atoms in total. The minimum absolute atomic E-state index is 0.0770. The Morgan fingerprint density at radius 3 is 3.21 bits per heavy atom. The van der Waals surface area contributed by atoms with Gasteiger partial charge in [0.25, 0.3) is 0 Å². The number of thiocarbonyl (C=S) groups is 1. The third kappa shape index (κ3) is 2.06. The van der Waals surface area contributed by atoms with Gasteiger partial charge in [-0.25, -0.2) is 0 Å². The zero-order valence-electron chi connectivity index (χ0n) is 10.5. The Labute approximate surface area is 117 Å². The molecule has 2 fully saturated rings. The largest absolute Gasteiger partial charge is 0.389 e. The first-order valence-electron chi connectivity index (χ1n) is 6.46. The topological polar surface area (TPSA) is 71.2 Å². The molecule has 2 unspecified atom stereocenters. The SMILES string of the molecule is NC(=S)c1ccncc1N1CCCC2C(=O)NCC21. The number of hydrogen-bond acceptors (Lipinski definition) is 4. The number of rotatable bonds is 2. The van der Waals surface area contributed by atoms with Crippen molar-refractivity contribution in [3.8, 4) is 0 Å². The van der Waals surface area contributed by atoms with Crippen molar-refractivity contribution < 1.29 is 4.79 Å². The third-order valence-corrected chi connectivity index (χ3v) is 4.20. The average Bonchev–Trinajstić information content (AvgIpc) is 2.81. The van der Waals surface area contributed by atoms with Gasteiger partial charge in [0.05, 0.1) is 23.8 Å². The number of aromatic nitrogens is 1.